The number of halogens is 1. The second-order valence-corrected chi connectivity index (χ2v) is 4.71. The highest BCUT2D eigenvalue weighted by atomic mass is 35.5. The summed E-state index contributed by atoms with van der Waals surface area (Å²) < 4.78 is 0. The van der Waals surface area contributed by atoms with Gasteiger partial charge in [0.15, 0.2) is 0 Å². The maximum atomic E-state index is 9.76. The van der Waals surface area contributed by atoms with Gasteiger partial charge in [-0.3, -0.25) is 0 Å². The van der Waals surface area contributed by atoms with Crippen LogP contribution in [0, 0.1) is 0 Å². The SMILES string of the molecule is OC(CSc1cccc(Cl)c1)c1cn[nH]n1. The summed E-state index contributed by atoms with van der Waals surface area (Å²) in [7, 11) is 0. The number of H-pyrrole nitrogens is 1. The molecule has 2 aromatic rings. The Bertz CT molecular complexity index is 449. The summed E-state index contributed by atoms with van der Waals surface area (Å²) in [5.74, 6) is 0.521. The quantitative estimate of drug-likeness (QED) is 0.823. The standard InChI is InChI=1S/C10H10ClN3OS/c11-7-2-1-3-8(4-7)16-6-10(15)9-5-12-14-13-9/h1-5,10,15H,6H2,(H,12,13,14). The van der Waals surface area contributed by atoms with E-state index in [0.717, 1.165) is 4.90 Å². The first-order valence-corrected chi connectivity index (χ1v) is 6.04. The number of aliphatic hydroxyl groups is 1. The maximum Gasteiger partial charge on any atom is 0.112 e. The van der Waals surface area contributed by atoms with Gasteiger partial charge >= 0.3 is 0 Å². The van der Waals surface area contributed by atoms with Gasteiger partial charge in [0, 0.05) is 15.7 Å². The summed E-state index contributed by atoms with van der Waals surface area (Å²) in [5, 5.41) is 20.4. The molecule has 0 bridgehead atoms. The highest BCUT2D eigenvalue weighted by Gasteiger charge is 2.10. The van der Waals surface area contributed by atoms with Gasteiger partial charge in [0.2, 0.25) is 0 Å². The Kier molecular flexibility index (Phi) is 3.82. The van der Waals surface area contributed by atoms with Crippen LogP contribution in [0.5, 0.6) is 0 Å². The average molecular weight is 256 g/mol. The van der Waals surface area contributed by atoms with Gasteiger partial charge in [0.25, 0.3) is 0 Å². The van der Waals surface area contributed by atoms with Crippen molar-refractivity contribution in [1.29, 1.82) is 0 Å². The van der Waals surface area contributed by atoms with Crippen LogP contribution in [-0.2, 0) is 0 Å². The minimum Gasteiger partial charge on any atom is -0.386 e. The Balaban J connectivity index is 1.92. The van der Waals surface area contributed by atoms with Crippen LogP contribution in [0.15, 0.2) is 35.4 Å². The third kappa shape index (κ3) is 2.98. The molecule has 2 N–H and O–H groups in total. The first-order valence-electron chi connectivity index (χ1n) is 4.68. The van der Waals surface area contributed by atoms with Crippen molar-refractivity contribution >= 4 is 23.4 Å². The van der Waals surface area contributed by atoms with Crippen molar-refractivity contribution in [2.75, 3.05) is 5.75 Å². The van der Waals surface area contributed by atoms with Crippen LogP contribution in [0.4, 0.5) is 0 Å². The number of aromatic nitrogens is 3. The van der Waals surface area contributed by atoms with E-state index in [9.17, 15) is 5.11 Å². The molecule has 4 nitrogen and oxygen atoms in total. The van der Waals surface area contributed by atoms with Gasteiger partial charge in [0.05, 0.1) is 6.20 Å². The van der Waals surface area contributed by atoms with E-state index in [-0.39, 0.29) is 0 Å². The van der Waals surface area contributed by atoms with Crippen molar-refractivity contribution in [3.8, 4) is 0 Å². The lowest BCUT2D eigenvalue weighted by molar-refractivity contribution is 0.199. The molecular weight excluding hydrogens is 246 g/mol. The molecule has 0 saturated carbocycles. The molecule has 0 aliphatic heterocycles. The molecule has 6 heteroatoms. The highest BCUT2D eigenvalue weighted by molar-refractivity contribution is 7.99. The predicted octanol–water partition coefficient (Wildman–Crippen LogP) is 2.28. The third-order valence-electron chi connectivity index (χ3n) is 1.98. The largest absolute Gasteiger partial charge is 0.386 e. The van der Waals surface area contributed by atoms with Gasteiger partial charge in [-0.25, -0.2) is 0 Å². The molecule has 0 saturated heterocycles. The number of aliphatic hydroxyl groups excluding tert-OH is 1. The summed E-state index contributed by atoms with van der Waals surface area (Å²) >= 11 is 7.38. The maximum absolute atomic E-state index is 9.76. The molecule has 1 unspecified atom stereocenters. The van der Waals surface area contributed by atoms with E-state index in [1.165, 1.54) is 18.0 Å². The van der Waals surface area contributed by atoms with E-state index in [0.29, 0.717) is 16.5 Å². The van der Waals surface area contributed by atoms with Crippen LogP contribution in [0.25, 0.3) is 0 Å². The summed E-state index contributed by atoms with van der Waals surface area (Å²) in [6.45, 7) is 0. The van der Waals surface area contributed by atoms with Crippen LogP contribution in [0.1, 0.15) is 11.8 Å². The number of hydrogen-bond acceptors (Lipinski definition) is 4. The van der Waals surface area contributed by atoms with Crippen LogP contribution in [0.3, 0.4) is 0 Å². The van der Waals surface area contributed by atoms with E-state index in [1.54, 1.807) is 0 Å². The van der Waals surface area contributed by atoms with Crippen molar-refractivity contribution < 1.29 is 5.11 Å². The first-order chi connectivity index (χ1) is 7.75. The molecule has 1 atom stereocenters. The lowest BCUT2D eigenvalue weighted by Crippen LogP contribution is -2.00. The average Bonchev–Trinajstić information content (AvgIpc) is 2.79. The molecule has 0 fully saturated rings. The Morgan fingerprint density at radius 1 is 1.50 bits per heavy atom. The first kappa shape index (κ1) is 11.4. The number of thioether (sulfide) groups is 1. The molecule has 0 amide bonds. The summed E-state index contributed by atoms with van der Waals surface area (Å²) in [5.41, 5.74) is 0.550. The van der Waals surface area contributed by atoms with Crippen molar-refractivity contribution in [2.24, 2.45) is 0 Å². The molecule has 1 heterocycles. The Morgan fingerprint density at radius 2 is 2.38 bits per heavy atom. The van der Waals surface area contributed by atoms with Gasteiger partial charge in [-0.1, -0.05) is 17.7 Å². The number of hydrogen-bond donors (Lipinski definition) is 2. The second kappa shape index (κ2) is 5.34. The zero-order valence-electron chi connectivity index (χ0n) is 8.30. The summed E-state index contributed by atoms with van der Waals surface area (Å²) in [6, 6.07) is 7.51. The lowest BCUT2D eigenvalue weighted by atomic mass is 10.3. The number of aromatic amines is 1. The van der Waals surface area contributed by atoms with Gasteiger partial charge in [-0.05, 0) is 18.2 Å². The van der Waals surface area contributed by atoms with Crippen LogP contribution < -0.4 is 0 Å². The van der Waals surface area contributed by atoms with Gasteiger partial charge in [-0.2, -0.15) is 15.4 Å². The second-order valence-electron chi connectivity index (χ2n) is 3.18. The smallest absolute Gasteiger partial charge is 0.112 e. The lowest BCUT2D eigenvalue weighted by Gasteiger charge is -2.06. The molecule has 0 aliphatic carbocycles. The Hall–Kier alpha value is -1.04. The van der Waals surface area contributed by atoms with Gasteiger partial charge < -0.3 is 5.11 Å². The zero-order chi connectivity index (χ0) is 11.4. The van der Waals surface area contributed by atoms with E-state index in [2.05, 4.69) is 15.4 Å². The fourth-order valence-electron chi connectivity index (χ4n) is 1.19. The zero-order valence-corrected chi connectivity index (χ0v) is 9.87. The molecule has 1 aromatic carbocycles. The minimum atomic E-state index is -0.622. The highest BCUT2D eigenvalue weighted by Crippen LogP contribution is 2.25. The molecule has 0 spiro atoms. The fourth-order valence-corrected chi connectivity index (χ4v) is 2.35. The van der Waals surface area contributed by atoms with Gasteiger partial charge in [-0.15, -0.1) is 11.8 Å². The molecule has 84 valence electrons. The summed E-state index contributed by atoms with van der Waals surface area (Å²) in [4.78, 5) is 1.02. The van der Waals surface area contributed by atoms with E-state index in [1.807, 2.05) is 24.3 Å². The van der Waals surface area contributed by atoms with Crippen molar-refractivity contribution in [1.82, 2.24) is 15.4 Å². The molecular formula is C10H10ClN3OS. The normalized spacial score (nSPS) is 12.6. The van der Waals surface area contributed by atoms with E-state index in [4.69, 9.17) is 11.6 Å². The number of benzene rings is 1. The summed E-state index contributed by atoms with van der Waals surface area (Å²) in [6.07, 6.45) is 0.895. The van der Waals surface area contributed by atoms with Crippen molar-refractivity contribution in [3.63, 3.8) is 0 Å². The fraction of sp³-hybridized carbons (Fsp3) is 0.200. The van der Waals surface area contributed by atoms with Crippen molar-refractivity contribution in [3.05, 3.63) is 41.2 Å². The topological polar surface area (TPSA) is 61.8 Å². The Labute approximate surface area is 102 Å². The molecule has 1 aromatic heterocycles. The van der Waals surface area contributed by atoms with Crippen LogP contribution in [0.2, 0.25) is 5.02 Å². The molecule has 0 radical (unpaired) electrons. The van der Waals surface area contributed by atoms with Crippen LogP contribution in [-0.4, -0.2) is 26.3 Å². The molecule has 16 heavy (non-hydrogen) atoms. The number of nitrogens with zero attached hydrogens (tertiary/aromatic N) is 2. The predicted molar refractivity (Wildman–Crippen MR) is 63.5 cm³/mol. The number of nitrogens with one attached hydrogen (secondary N) is 1. The van der Waals surface area contributed by atoms with Crippen molar-refractivity contribution in [2.45, 2.75) is 11.0 Å². The Morgan fingerprint density at radius 3 is 3.06 bits per heavy atom. The molecule has 0 aliphatic rings. The molecule has 2 rings (SSSR count). The van der Waals surface area contributed by atoms with E-state index < -0.39 is 6.10 Å². The third-order valence-corrected chi connectivity index (χ3v) is 3.28. The minimum absolute atomic E-state index is 0.521. The van der Waals surface area contributed by atoms with Gasteiger partial charge in [0.1, 0.15) is 11.8 Å². The van der Waals surface area contributed by atoms with Crippen LogP contribution >= 0.6 is 23.4 Å². The monoisotopic (exact) mass is 255 g/mol. The number of rotatable bonds is 4. The van der Waals surface area contributed by atoms with E-state index >= 15 is 0 Å².